The van der Waals surface area contributed by atoms with E-state index in [-0.39, 0.29) is 21.5 Å². The fourth-order valence-corrected chi connectivity index (χ4v) is 3.65. The number of anilines is 1. The van der Waals surface area contributed by atoms with E-state index in [4.69, 9.17) is 9.47 Å². The predicted octanol–water partition coefficient (Wildman–Crippen LogP) is 1.36. The van der Waals surface area contributed by atoms with Crippen LogP contribution < -0.4 is 14.2 Å². The van der Waals surface area contributed by atoms with Gasteiger partial charge in [-0.05, 0) is 11.4 Å². The Balaban J connectivity index is 2.37. The summed E-state index contributed by atoms with van der Waals surface area (Å²) in [6.45, 7) is 0. The van der Waals surface area contributed by atoms with Crippen molar-refractivity contribution in [2.45, 2.75) is 4.21 Å². The van der Waals surface area contributed by atoms with E-state index in [0.717, 1.165) is 11.3 Å². The minimum absolute atomic E-state index is 0.0768. The van der Waals surface area contributed by atoms with Crippen LogP contribution in [0.2, 0.25) is 0 Å². The van der Waals surface area contributed by atoms with Crippen molar-refractivity contribution >= 4 is 27.2 Å². The summed E-state index contributed by atoms with van der Waals surface area (Å²) in [6, 6.07) is 1.58. The predicted molar refractivity (Wildman–Crippen MR) is 70.3 cm³/mol. The molecule has 2 aromatic heterocycles. The van der Waals surface area contributed by atoms with Gasteiger partial charge in [-0.1, -0.05) is 0 Å². The molecule has 9 heteroatoms. The molecule has 0 aliphatic rings. The van der Waals surface area contributed by atoms with Gasteiger partial charge in [0.15, 0.2) is 15.8 Å². The average Bonchev–Trinajstić information content (AvgIpc) is 2.88. The maximum Gasteiger partial charge on any atom is 0.276 e. The molecule has 2 rings (SSSR count). The van der Waals surface area contributed by atoms with Crippen molar-refractivity contribution in [1.82, 2.24) is 9.97 Å². The number of hydrogen-bond donors (Lipinski definition) is 1. The number of sulfonamides is 1. The molecule has 0 atom stereocenters. The average molecular weight is 301 g/mol. The van der Waals surface area contributed by atoms with Gasteiger partial charge < -0.3 is 9.47 Å². The summed E-state index contributed by atoms with van der Waals surface area (Å²) in [5.41, 5.74) is 0. The molecule has 0 saturated heterocycles. The van der Waals surface area contributed by atoms with Crippen molar-refractivity contribution in [3.8, 4) is 11.5 Å². The van der Waals surface area contributed by atoms with Gasteiger partial charge in [-0.15, -0.1) is 11.3 Å². The van der Waals surface area contributed by atoms with Crippen LogP contribution in [0.25, 0.3) is 0 Å². The first-order chi connectivity index (χ1) is 9.08. The van der Waals surface area contributed by atoms with Crippen LogP contribution in [-0.2, 0) is 10.0 Å². The lowest BCUT2D eigenvalue weighted by Crippen LogP contribution is -2.14. The number of ether oxygens (including phenoxy) is 2. The van der Waals surface area contributed by atoms with Gasteiger partial charge in [-0.3, -0.25) is 4.72 Å². The first kappa shape index (κ1) is 13.6. The number of rotatable bonds is 5. The van der Waals surface area contributed by atoms with Crippen LogP contribution in [0.15, 0.2) is 28.2 Å². The third-order valence-electron chi connectivity index (χ3n) is 2.19. The van der Waals surface area contributed by atoms with Crippen LogP contribution >= 0.6 is 11.3 Å². The second kappa shape index (κ2) is 5.41. The number of methoxy groups -OCH3 is 2. The van der Waals surface area contributed by atoms with Crippen molar-refractivity contribution in [3.63, 3.8) is 0 Å². The molecular weight excluding hydrogens is 290 g/mol. The smallest absolute Gasteiger partial charge is 0.276 e. The zero-order chi connectivity index (χ0) is 13.9. The summed E-state index contributed by atoms with van der Waals surface area (Å²) in [7, 11) is -0.958. The monoisotopic (exact) mass is 301 g/mol. The third-order valence-corrected chi connectivity index (χ3v) is 4.98. The van der Waals surface area contributed by atoms with Gasteiger partial charge in [0.05, 0.1) is 20.4 Å². The van der Waals surface area contributed by atoms with Gasteiger partial charge in [0.25, 0.3) is 10.0 Å². The SMILES string of the molecule is COc1cncnc1NS(=O)(=O)c1sccc1OC. The molecular formula is C10H11N3O4S2. The van der Waals surface area contributed by atoms with E-state index >= 15 is 0 Å². The fraction of sp³-hybridized carbons (Fsp3) is 0.200. The lowest BCUT2D eigenvalue weighted by molar-refractivity contribution is 0.406. The molecule has 19 heavy (non-hydrogen) atoms. The lowest BCUT2D eigenvalue weighted by atomic mass is 10.5. The van der Waals surface area contributed by atoms with E-state index in [2.05, 4.69) is 14.7 Å². The van der Waals surface area contributed by atoms with Gasteiger partial charge in [-0.25, -0.2) is 18.4 Å². The van der Waals surface area contributed by atoms with Crippen molar-refractivity contribution < 1.29 is 17.9 Å². The molecule has 0 aliphatic carbocycles. The van der Waals surface area contributed by atoms with Crippen LogP contribution in [0.4, 0.5) is 5.82 Å². The zero-order valence-electron chi connectivity index (χ0n) is 10.2. The summed E-state index contributed by atoms with van der Waals surface area (Å²) in [4.78, 5) is 7.59. The lowest BCUT2D eigenvalue weighted by Gasteiger charge is -2.09. The van der Waals surface area contributed by atoms with Gasteiger partial charge in [0.2, 0.25) is 0 Å². The second-order valence-electron chi connectivity index (χ2n) is 3.32. The fourth-order valence-electron chi connectivity index (χ4n) is 1.35. The summed E-state index contributed by atoms with van der Waals surface area (Å²) < 4.78 is 36.8. The molecule has 0 aromatic carbocycles. The van der Waals surface area contributed by atoms with E-state index in [1.165, 1.54) is 26.7 Å². The van der Waals surface area contributed by atoms with Crippen molar-refractivity contribution in [1.29, 1.82) is 0 Å². The highest BCUT2D eigenvalue weighted by Crippen LogP contribution is 2.32. The highest BCUT2D eigenvalue weighted by atomic mass is 32.2. The van der Waals surface area contributed by atoms with E-state index in [9.17, 15) is 8.42 Å². The molecule has 0 fully saturated rings. The number of hydrogen-bond acceptors (Lipinski definition) is 7. The Kier molecular flexibility index (Phi) is 3.86. The van der Waals surface area contributed by atoms with E-state index in [0.29, 0.717) is 0 Å². The maximum atomic E-state index is 12.2. The Bertz CT molecular complexity index is 669. The Morgan fingerprint density at radius 2 is 2.00 bits per heavy atom. The Labute approximate surface area is 114 Å². The van der Waals surface area contributed by atoms with Crippen LogP contribution in [0.5, 0.6) is 11.5 Å². The number of nitrogens with one attached hydrogen (secondary N) is 1. The molecule has 0 spiro atoms. The molecule has 0 unspecified atom stereocenters. The number of aromatic nitrogens is 2. The molecule has 1 N–H and O–H groups in total. The summed E-state index contributed by atoms with van der Waals surface area (Å²) in [5.74, 6) is 0.597. The van der Waals surface area contributed by atoms with E-state index < -0.39 is 10.0 Å². The van der Waals surface area contributed by atoms with Crippen LogP contribution in [-0.4, -0.2) is 32.6 Å². The van der Waals surface area contributed by atoms with Crippen molar-refractivity contribution in [3.05, 3.63) is 24.0 Å². The summed E-state index contributed by atoms with van der Waals surface area (Å²) in [5, 5.41) is 1.63. The van der Waals surface area contributed by atoms with E-state index in [1.807, 2.05) is 0 Å². The van der Waals surface area contributed by atoms with Gasteiger partial charge in [-0.2, -0.15) is 0 Å². The van der Waals surface area contributed by atoms with Gasteiger partial charge in [0, 0.05) is 0 Å². The highest BCUT2D eigenvalue weighted by Gasteiger charge is 2.23. The summed E-state index contributed by atoms with van der Waals surface area (Å²) >= 11 is 1.05. The molecule has 2 heterocycles. The van der Waals surface area contributed by atoms with Crippen LogP contribution in [0.3, 0.4) is 0 Å². The Morgan fingerprint density at radius 1 is 1.26 bits per heavy atom. The quantitative estimate of drug-likeness (QED) is 0.896. The largest absolute Gasteiger partial charge is 0.494 e. The highest BCUT2D eigenvalue weighted by molar-refractivity contribution is 7.94. The van der Waals surface area contributed by atoms with Crippen molar-refractivity contribution in [2.75, 3.05) is 18.9 Å². The Morgan fingerprint density at radius 3 is 2.68 bits per heavy atom. The molecule has 0 saturated carbocycles. The third kappa shape index (κ3) is 2.76. The standard InChI is InChI=1S/C10H11N3O4S2/c1-16-7-3-4-18-10(7)19(14,15)13-9-8(17-2)5-11-6-12-9/h3-6H,1-2H3,(H,11,12,13). The van der Waals surface area contributed by atoms with Crippen LogP contribution in [0, 0.1) is 0 Å². The first-order valence-electron chi connectivity index (χ1n) is 5.07. The first-order valence-corrected chi connectivity index (χ1v) is 7.43. The molecule has 0 amide bonds. The molecule has 102 valence electrons. The molecule has 0 bridgehead atoms. The minimum Gasteiger partial charge on any atom is -0.494 e. The van der Waals surface area contributed by atoms with Gasteiger partial charge >= 0.3 is 0 Å². The minimum atomic E-state index is -3.77. The van der Waals surface area contributed by atoms with Crippen LogP contribution in [0.1, 0.15) is 0 Å². The molecule has 0 aliphatic heterocycles. The number of nitrogens with zero attached hydrogens (tertiary/aromatic N) is 2. The molecule has 7 nitrogen and oxygen atoms in total. The van der Waals surface area contributed by atoms with Crippen molar-refractivity contribution in [2.24, 2.45) is 0 Å². The van der Waals surface area contributed by atoms with Gasteiger partial charge in [0.1, 0.15) is 12.1 Å². The van der Waals surface area contributed by atoms with E-state index in [1.54, 1.807) is 11.4 Å². The Hall–Kier alpha value is -1.87. The summed E-state index contributed by atoms with van der Waals surface area (Å²) in [6.07, 6.45) is 2.60. The number of thiophene rings is 1. The molecule has 2 aromatic rings. The second-order valence-corrected chi connectivity index (χ2v) is 6.12. The molecule has 0 radical (unpaired) electrons. The normalized spacial score (nSPS) is 11.1. The zero-order valence-corrected chi connectivity index (χ0v) is 11.8. The maximum absolute atomic E-state index is 12.2. The topological polar surface area (TPSA) is 90.4 Å².